The number of likely N-dealkylation sites (tertiary alicyclic amines) is 1. The first-order valence-electron chi connectivity index (χ1n) is 7.58. The fourth-order valence-electron chi connectivity index (χ4n) is 3.03. The predicted molar refractivity (Wildman–Crippen MR) is 85.2 cm³/mol. The second-order valence-electron chi connectivity index (χ2n) is 5.91. The Morgan fingerprint density at radius 2 is 2.24 bits per heavy atom. The highest BCUT2D eigenvalue weighted by molar-refractivity contribution is 6.00. The summed E-state index contributed by atoms with van der Waals surface area (Å²) in [5.74, 6) is 0.730. The molecule has 4 heteroatoms. The van der Waals surface area contributed by atoms with Crippen LogP contribution >= 0.6 is 0 Å². The topological polar surface area (TPSA) is 45.2 Å². The molecule has 1 aliphatic rings. The van der Waals surface area contributed by atoms with Crippen molar-refractivity contribution in [1.29, 1.82) is 0 Å². The summed E-state index contributed by atoms with van der Waals surface area (Å²) in [5, 5.41) is 4.05. The molecule has 4 nitrogen and oxygen atoms in total. The van der Waals surface area contributed by atoms with Gasteiger partial charge in [0.15, 0.2) is 0 Å². The van der Waals surface area contributed by atoms with E-state index in [1.54, 1.807) is 6.20 Å². The van der Waals surface area contributed by atoms with Crippen LogP contribution in [0.15, 0.2) is 36.5 Å². The van der Waals surface area contributed by atoms with Crippen LogP contribution in [0.25, 0.3) is 10.9 Å². The molecule has 0 aliphatic carbocycles. The van der Waals surface area contributed by atoms with E-state index >= 15 is 0 Å². The molecule has 1 amide bonds. The van der Waals surface area contributed by atoms with E-state index in [2.05, 4.69) is 22.1 Å². The van der Waals surface area contributed by atoms with Crippen LogP contribution in [-0.4, -0.2) is 35.4 Å². The van der Waals surface area contributed by atoms with Gasteiger partial charge in [-0.2, -0.15) is 0 Å². The van der Waals surface area contributed by atoms with Gasteiger partial charge < -0.3 is 5.32 Å². The average Bonchev–Trinajstić information content (AvgIpc) is 2.47. The maximum atomic E-state index is 12.3. The molecule has 1 aromatic carbocycles. The van der Waals surface area contributed by atoms with Crippen molar-refractivity contribution in [2.24, 2.45) is 5.92 Å². The normalized spacial score (nSPS) is 19.6. The fraction of sp³-hybridized carbons (Fsp3) is 0.412. The van der Waals surface area contributed by atoms with Crippen LogP contribution < -0.4 is 5.32 Å². The summed E-state index contributed by atoms with van der Waals surface area (Å²) >= 11 is 0. The maximum absolute atomic E-state index is 12.3. The molecule has 1 N–H and O–H groups in total. The molecule has 2 heterocycles. The Balaban J connectivity index is 1.69. The monoisotopic (exact) mass is 283 g/mol. The summed E-state index contributed by atoms with van der Waals surface area (Å²) in [7, 11) is 0. The second-order valence-corrected chi connectivity index (χ2v) is 5.91. The van der Waals surface area contributed by atoms with Crippen LogP contribution in [-0.2, 0) is 4.79 Å². The highest BCUT2D eigenvalue weighted by atomic mass is 16.2. The Morgan fingerprint density at radius 1 is 1.38 bits per heavy atom. The van der Waals surface area contributed by atoms with E-state index in [0.717, 1.165) is 29.7 Å². The van der Waals surface area contributed by atoms with Gasteiger partial charge in [-0.25, -0.2) is 0 Å². The second kappa shape index (κ2) is 6.22. The van der Waals surface area contributed by atoms with E-state index < -0.39 is 0 Å². The fourth-order valence-corrected chi connectivity index (χ4v) is 3.03. The molecule has 3 rings (SSSR count). The molecule has 110 valence electrons. The van der Waals surface area contributed by atoms with Gasteiger partial charge in [-0.05, 0) is 37.4 Å². The number of pyridine rings is 1. The number of benzene rings is 1. The molecule has 0 bridgehead atoms. The molecular formula is C17H21N3O. The summed E-state index contributed by atoms with van der Waals surface area (Å²) in [4.78, 5) is 18.9. The Labute approximate surface area is 125 Å². The number of carbonyl (C=O) groups is 1. The molecule has 2 aromatic rings. The molecule has 1 aromatic heterocycles. The van der Waals surface area contributed by atoms with Crippen molar-refractivity contribution in [3.8, 4) is 0 Å². The van der Waals surface area contributed by atoms with Gasteiger partial charge >= 0.3 is 0 Å². The molecule has 1 fully saturated rings. The molecule has 0 saturated carbocycles. The summed E-state index contributed by atoms with van der Waals surface area (Å²) in [6.45, 7) is 4.75. The number of fused-ring (bicyclic) bond motifs is 1. The molecule has 1 unspecified atom stereocenters. The third-order valence-electron chi connectivity index (χ3n) is 4.02. The lowest BCUT2D eigenvalue weighted by Gasteiger charge is -2.30. The molecular weight excluding hydrogens is 262 g/mol. The van der Waals surface area contributed by atoms with Crippen LogP contribution in [0.2, 0.25) is 0 Å². The van der Waals surface area contributed by atoms with Gasteiger partial charge in [-0.15, -0.1) is 0 Å². The number of piperidine rings is 1. The third-order valence-corrected chi connectivity index (χ3v) is 4.02. The van der Waals surface area contributed by atoms with Crippen molar-refractivity contribution >= 4 is 22.5 Å². The lowest BCUT2D eigenvalue weighted by Crippen LogP contribution is -2.39. The van der Waals surface area contributed by atoms with Crippen LogP contribution in [0, 0.1) is 5.92 Å². The minimum atomic E-state index is 0.0438. The van der Waals surface area contributed by atoms with E-state index in [0.29, 0.717) is 12.5 Å². The van der Waals surface area contributed by atoms with Crippen LogP contribution in [0.3, 0.4) is 0 Å². The zero-order valence-corrected chi connectivity index (χ0v) is 12.4. The number of nitrogens with zero attached hydrogens (tertiary/aromatic N) is 2. The van der Waals surface area contributed by atoms with Crippen molar-refractivity contribution in [2.75, 3.05) is 25.0 Å². The third kappa shape index (κ3) is 3.39. The van der Waals surface area contributed by atoms with Crippen LogP contribution in [0.1, 0.15) is 19.8 Å². The number of carbonyl (C=O) groups excluding carboxylic acids is 1. The number of anilines is 1. The number of hydrogen-bond donors (Lipinski definition) is 1. The van der Waals surface area contributed by atoms with Gasteiger partial charge in [0, 0.05) is 18.1 Å². The van der Waals surface area contributed by atoms with Crippen molar-refractivity contribution in [1.82, 2.24) is 9.88 Å². The van der Waals surface area contributed by atoms with Gasteiger partial charge in [0.1, 0.15) is 0 Å². The highest BCUT2D eigenvalue weighted by Gasteiger charge is 2.18. The first-order chi connectivity index (χ1) is 10.2. The van der Waals surface area contributed by atoms with Crippen molar-refractivity contribution in [3.63, 3.8) is 0 Å². The molecule has 1 saturated heterocycles. The predicted octanol–water partition coefficient (Wildman–Crippen LogP) is 2.91. The summed E-state index contributed by atoms with van der Waals surface area (Å²) in [6, 6.07) is 9.77. The number of amides is 1. The molecule has 0 radical (unpaired) electrons. The highest BCUT2D eigenvalue weighted by Crippen LogP contribution is 2.21. The molecule has 21 heavy (non-hydrogen) atoms. The van der Waals surface area contributed by atoms with Crippen molar-refractivity contribution in [3.05, 3.63) is 36.5 Å². The van der Waals surface area contributed by atoms with E-state index in [1.807, 2.05) is 30.3 Å². The van der Waals surface area contributed by atoms with E-state index in [9.17, 15) is 4.79 Å². The summed E-state index contributed by atoms with van der Waals surface area (Å²) in [5.41, 5.74) is 1.64. The number of rotatable bonds is 3. The minimum Gasteiger partial charge on any atom is -0.323 e. The zero-order valence-electron chi connectivity index (χ0n) is 12.4. The number of para-hydroxylation sites is 1. The Morgan fingerprint density at radius 3 is 3.10 bits per heavy atom. The standard InChI is InChI=1S/C17H21N3O/c1-13-5-4-10-20(11-13)12-16(21)19-15-8-2-6-14-7-3-9-18-17(14)15/h2-3,6-9,13H,4-5,10-12H2,1H3,(H,19,21). The van der Waals surface area contributed by atoms with Gasteiger partial charge in [0.2, 0.25) is 5.91 Å². The van der Waals surface area contributed by atoms with Crippen LogP contribution in [0.5, 0.6) is 0 Å². The van der Waals surface area contributed by atoms with Gasteiger partial charge in [-0.3, -0.25) is 14.7 Å². The summed E-state index contributed by atoms with van der Waals surface area (Å²) in [6.07, 6.45) is 4.21. The van der Waals surface area contributed by atoms with Crippen molar-refractivity contribution in [2.45, 2.75) is 19.8 Å². The van der Waals surface area contributed by atoms with Gasteiger partial charge in [0.05, 0.1) is 17.7 Å². The summed E-state index contributed by atoms with van der Waals surface area (Å²) < 4.78 is 0. The zero-order chi connectivity index (χ0) is 14.7. The largest absolute Gasteiger partial charge is 0.323 e. The number of hydrogen-bond acceptors (Lipinski definition) is 3. The quantitative estimate of drug-likeness (QED) is 0.942. The van der Waals surface area contributed by atoms with Gasteiger partial charge in [-0.1, -0.05) is 25.1 Å². The van der Waals surface area contributed by atoms with E-state index in [4.69, 9.17) is 0 Å². The smallest absolute Gasteiger partial charge is 0.238 e. The molecule has 0 spiro atoms. The molecule has 1 atom stereocenters. The lowest BCUT2D eigenvalue weighted by atomic mass is 10.0. The van der Waals surface area contributed by atoms with E-state index in [-0.39, 0.29) is 5.91 Å². The number of aromatic nitrogens is 1. The average molecular weight is 283 g/mol. The SMILES string of the molecule is CC1CCCN(CC(=O)Nc2cccc3cccnc23)C1. The Kier molecular flexibility index (Phi) is 4.15. The maximum Gasteiger partial charge on any atom is 0.238 e. The van der Waals surface area contributed by atoms with Crippen molar-refractivity contribution < 1.29 is 4.79 Å². The minimum absolute atomic E-state index is 0.0438. The molecule has 1 aliphatic heterocycles. The first-order valence-corrected chi connectivity index (χ1v) is 7.58. The van der Waals surface area contributed by atoms with Crippen LogP contribution in [0.4, 0.5) is 5.69 Å². The first kappa shape index (κ1) is 14.0. The van der Waals surface area contributed by atoms with Gasteiger partial charge in [0.25, 0.3) is 0 Å². The lowest BCUT2D eigenvalue weighted by molar-refractivity contribution is -0.117. The number of nitrogens with one attached hydrogen (secondary N) is 1. The Bertz CT molecular complexity index is 635. The van der Waals surface area contributed by atoms with E-state index in [1.165, 1.54) is 12.8 Å². The Hall–Kier alpha value is -1.94.